The van der Waals surface area contributed by atoms with Crippen molar-refractivity contribution in [2.75, 3.05) is 9.62 Å². The molecule has 170 valence electrons. The maximum Gasteiger partial charge on any atom is 0.274 e. The van der Waals surface area contributed by atoms with Crippen LogP contribution in [0.15, 0.2) is 81.5 Å². The highest BCUT2D eigenvalue weighted by Gasteiger charge is 2.45. The van der Waals surface area contributed by atoms with E-state index in [-0.39, 0.29) is 15.4 Å². The van der Waals surface area contributed by atoms with Gasteiger partial charge in [0.15, 0.2) is 5.78 Å². The smallest absolute Gasteiger partial charge is 0.274 e. The Morgan fingerprint density at radius 3 is 2.45 bits per heavy atom. The van der Waals surface area contributed by atoms with Crippen LogP contribution in [-0.2, 0) is 14.8 Å². The first-order chi connectivity index (χ1) is 15.7. The Morgan fingerprint density at radius 1 is 1.03 bits per heavy atom. The summed E-state index contributed by atoms with van der Waals surface area (Å²) in [5.74, 6) is -0.536. The Balaban J connectivity index is 1.84. The van der Waals surface area contributed by atoms with E-state index in [9.17, 15) is 17.6 Å². The molecule has 5 nitrogen and oxygen atoms in total. The number of nitrogens with one attached hydrogen (secondary N) is 1. The number of anilines is 2. The highest BCUT2D eigenvalue weighted by molar-refractivity contribution is 7.94. The van der Waals surface area contributed by atoms with Gasteiger partial charge in [0.1, 0.15) is 16.1 Å². The summed E-state index contributed by atoms with van der Waals surface area (Å²) >= 11 is 1.12. The molecule has 0 fully saturated rings. The Kier molecular flexibility index (Phi) is 5.17. The van der Waals surface area contributed by atoms with E-state index in [0.29, 0.717) is 41.1 Å². The van der Waals surface area contributed by atoms with Crippen molar-refractivity contribution in [1.29, 1.82) is 0 Å². The molecule has 1 aromatic heterocycles. The van der Waals surface area contributed by atoms with Gasteiger partial charge in [0.05, 0.1) is 11.4 Å². The second kappa shape index (κ2) is 7.81. The Morgan fingerprint density at radius 2 is 1.76 bits per heavy atom. The number of allylic oxidation sites excluding steroid dienone is 1. The first-order valence-corrected chi connectivity index (χ1v) is 13.0. The molecule has 1 aliphatic carbocycles. The number of sulfonamides is 1. The lowest BCUT2D eigenvalue weighted by atomic mass is 9.73. The highest BCUT2D eigenvalue weighted by atomic mass is 32.2. The quantitative estimate of drug-likeness (QED) is 0.505. The highest BCUT2D eigenvalue weighted by Crippen LogP contribution is 2.50. The standard InChI is InChI=1S/C25H23FN2O3S2/c1-25(2)14-19-23(21(29)15-25)24(16-9-11-17(26)12-10-16)28(20-7-4-3-6-18(20)27-19)33(30,31)22-8-5-13-32-22/h3-13,24,27H,14-15H2,1-2H3/t24-/m0/s1. The number of fused-ring (bicyclic) bond motifs is 1. The van der Waals surface area contributed by atoms with Crippen molar-refractivity contribution in [3.8, 4) is 0 Å². The van der Waals surface area contributed by atoms with Crippen LogP contribution in [0.25, 0.3) is 0 Å². The zero-order chi connectivity index (χ0) is 23.4. The number of hydrogen-bond acceptors (Lipinski definition) is 5. The number of ketones is 1. The zero-order valence-electron chi connectivity index (χ0n) is 18.2. The van der Waals surface area contributed by atoms with Crippen LogP contribution in [0, 0.1) is 11.2 Å². The van der Waals surface area contributed by atoms with Gasteiger partial charge in [0.25, 0.3) is 10.0 Å². The SMILES string of the molecule is CC1(C)CC(=O)C2=C(C1)Nc1ccccc1N(S(=O)(=O)c1cccs1)[C@H]2c1ccc(F)cc1. The van der Waals surface area contributed by atoms with E-state index < -0.39 is 21.9 Å². The van der Waals surface area contributed by atoms with Crippen LogP contribution < -0.4 is 9.62 Å². The molecule has 2 aliphatic rings. The molecule has 3 aromatic rings. The molecular weight excluding hydrogens is 459 g/mol. The predicted molar refractivity (Wildman–Crippen MR) is 128 cm³/mol. The summed E-state index contributed by atoms with van der Waals surface area (Å²) in [7, 11) is -4.03. The minimum absolute atomic E-state index is 0.109. The molecule has 0 saturated carbocycles. The molecule has 1 N–H and O–H groups in total. The fraction of sp³-hybridized carbons (Fsp3) is 0.240. The van der Waals surface area contributed by atoms with Crippen molar-refractivity contribution in [3.05, 3.63) is 88.7 Å². The number of Topliss-reactive ketones (excluding diaryl/α,β-unsaturated/α-hetero) is 1. The number of carbonyl (C=O) groups excluding carboxylic acids is 1. The Hall–Kier alpha value is -2.97. The topological polar surface area (TPSA) is 66.5 Å². The third-order valence-electron chi connectivity index (χ3n) is 6.05. The van der Waals surface area contributed by atoms with E-state index in [1.807, 2.05) is 26.0 Å². The van der Waals surface area contributed by atoms with Crippen LogP contribution >= 0.6 is 11.3 Å². The van der Waals surface area contributed by atoms with Gasteiger partial charge < -0.3 is 5.32 Å². The summed E-state index contributed by atoms with van der Waals surface area (Å²) in [6, 6.07) is 15.2. The van der Waals surface area contributed by atoms with Crippen molar-refractivity contribution >= 4 is 38.5 Å². The summed E-state index contributed by atoms with van der Waals surface area (Å²) in [4.78, 5) is 13.6. The number of thiophene rings is 1. The van der Waals surface area contributed by atoms with Gasteiger partial charge in [-0.05, 0) is 53.1 Å². The molecule has 2 heterocycles. The first kappa shape index (κ1) is 21.9. The molecule has 0 amide bonds. The lowest BCUT2D eigenvalue weighted by molar-refractivity contribution is -0.118. The van der Waals surface area contributed by atoms with Gasteiger partial charge in [-0.3, -0.25) is 9.10 Å². The van der Waals surface area contributed by atoms with Crippen molar-refractivity contribution in [1.82, 2.24) is 0 Å². The second-order valence-electron chi connectivity index (χ2n) is 9.16. The Labute approximate surface area is 196 Å². The predicted octanol–water partition coefficient (Wildman–Crippen LogP) is 5.89. The van der Waals surface area contributed by atoms with E-state index in [4.69, 9.17) is 0 Å². The summed E-state index contributed by atoms with van der Waals surface area (Å²) in [5.41, 5.74) is 2.45. The summed E-state index contributed by atoms with van der Waals surface area (Å²) in [6.45, 7) is 4.06. The van der Waals surface area contributed by atoms with Gasteiger partial charge in [-0.15, -0.1) is 11.3 Å². The van der Waals surface area contributed by atoms with E-state index >= 15 is 0 Å². The minimum atomic E-state index is -4.03. The number of nitrogens with zero attached hydrogens (tertiary/aromatic N) is 1. The van der Waals surface area contributed by atoms with E-state index in [2.05, 4.69) is 5.32 Å². The number of para-hydroxylation sites is 2. The molecular formula is C25H23FN2O3S2. The van der Waals surface area contributed by atoms with Crippen molar-refractivity contribution in [3.63, 3.8) is 0 Å². The molecule has 0 unspecified atom stereocenters. The van der Waals surface area contributed by atoms with Gasteiger partial charge in [-0.2, -0.15) is 0 Å². The average molecular weight is 483 g/mol. The van der Waals surface area contributed by atoms with Crippen LogP contribution in [0.5, 0.6) is 0 Å². The van der Waals surface area contributed by atoms with Crippen molar-refractivity contribution < 1.29 is 17.6 Å². The molecule has 33 heavy (non-hydrogen) atoms. The molecule has 1 atom stereocenters. The van der Waals surface area contributed by atoms with Gasteiger partial charge in [0, 0.05) is 17.7 Å². The molecule has 2 aromatic carbocycles. The normalized spacial score (nSPS) is 20.0. The number of hydrogen-bond donors (Lipinski definition) is 1. The number of carbonyl (C=O) groups is 1. The van der Waals surface area contributed by atoms with E-state index in [1.165, 1.54) is 16.4 Å². The van der Waals surface area contributed by atoms with Crippen molar-refractivity contribution in [2.45, 2.75) is 36.9 Å². The van der Waals surface area contributed by atoms with Crippen LogP contribution in [0.1, 0.15) is 38.3 Å². The van der Waals surface area contributed by atoms with E-state index in [1.54, 1.807) is 41.8 Å². The van der Waals surface area contributed by atoms with Gasteiger partial charge in [0.2, 0.25) is 0 Å². The lowest BCUT2D eigenvalue weighted by Gasteiger charge is -2.37. The molecule has 0 radical (unpaired) electrons. The molecule has 0 bridgehead atoms. The lowest BCUT2D eigenvalue weighted by Crippen LogP contribution is -2.39. The Bertz CT molecular complexity index is 1360. The molecule has 1 aliphatic heterocycles. The minimum Gasteiger partial charge on any atom is -0.357 e. The van der Waals surface area contributed by atoms with Crippen LogP contribution in [-0.4, -0.2) is 14.2 Å². The molecule has 0 spiro atoms. The molecule has 0 saturated heterocycles. The number of halogens is 1. The van der Waals surface area contributed by atoms with Crippen LogP contribution in [0.3, 0.4) is 0 Å². The average Bonchev–Trinajstić information content (AvgIpc) is 3.25. The van der Waals surface area contributed by atoms with Crippen LogP contribution in [0.2, 0.25) is 0 Å². The number of rotatable bonds is 3. The maximum atomic E-state index is 14.0. The van der Waals surface area contributed by atoms with Gasteiger partial charge >= 0.3 is 0 Å². The largest absolute Gasteiger partial charge is 0.357 e. The van der Waals surface area contributed by atoms with E-state index in [0.717, 1.165) is 11.3 Å². The number of benzene rings is 2. The third kappa shape index (κ3) is 3.77. The molecule has 8 heteroatoms. The summed E-state index contributed by atoms with van der Waals surface area (Å²) in [5, 5.41) is 5.10. The van der Waals surface area contributed by atoms with Gasteiger partial charge in [-0.1, -0.05) is 44.2 Å². The maximum absolute atomic E-state index is 14.0. The summed E-state index contributed by atoms with van der Waals surface area (Å²) < 4.78 is 43.4. The van der Waals surface area contributed by atoms with Crippen LogP contribution in [0.4, 0.5) is 15.8 Å². The molecule has 5 rings (SSSR count). The summed E-state index contributed by atoms with van der Waals surface area (Å²) in [6.07, 6.45) is 0.890. The fourth-order valence-electron chi connectivity index (χ4n) is 4.68. The van der Waals surface area contributed by atoms with Gasteiger partial charge in [-0.25, -0.2) is 12.8 Å². The second-order valence-corrected chi connectivity index (χ2v) is 12.2. The zero-order valence-corrected chi connectivity index (χ0v) is 19.8. The first-order valence-electron chi connectivity index (χ1n) is 10.6. The monoisotopic (exact) mass is 482 g/mol. The van der Waals surface area contributed by atoms with Crippen molar-refractivity contribution in [2.24, 2.45) is 5.41 Å². The fourth-order valence-corrected chi connectivity index (χ4v) is 7.39. The third-order valence-corrected chi connectivity index (χ3v) is 9.20.